The molecule has 0 fully saturated rings. The van der Waals surface area contributed by atoms with E-state index in [0.717, 1.165) is 11.3 Å². The Bertz CT molecular complexity index is 1010. The summed E-state index contributed by atoms with van der Waals surface area (Å²) in [5, 5.41) is 7.19. The van der Waals surface area contributed by atoms with Crippen LogP contribution in [-0.2, 0) is 25.5 Å². The maximum Gasteiger partial charge on any atom is 0.337 e. The molecule has 9 nitrogen and oxygen atoms in total. The van der Waals surface area contributed by atoms with Crippen LogP contribution in [0, 0.1) is 5.92 Å². The van der Waals surface area contributed by atoms with Gasteiger partial charge in [-0.25, -0.2) is 14.8 Å². The number of aromatic nitrogens is 1. The van der Waals surface area contributed by atoms with Crippen LogP contribution in [0.25, 0.3) is 0 Å². The van der Waals surface area contributed by atoms with Crippen LogP contribution >= 0.6 is 11.3 Å². The summed E-state index contributed by atoms with van der Waals surface area (Å²) in [5.41, 5.74) is 1.37. The van der Waals surface area contributed by atoms with E-state index in [9.17, 15) is 19.2 Å². The van der Waals surface area contributed by atoms with Crippen molar-refractivity contribution in [3.63, 3.8) is 0 Å². The fourth-order valence-electron chi connectivity index (χ4n) is 2.45. The quantitative estimate of drug-likeness (QED) is 0.551. The third kappa shape index (κ3) is 5.20. The lowest BCUT2D eigenvalue weighted by Gasteiger charge is -2.09. The minimum Gasteiger partial charge on any atom is -0.465 e. The molecule has 0 bridgehead atoms. The van der Waals surface area contributed by atoms with Crippen molar-refractivity contribution in [2.45, 2.75) is 6.42 Å². The lowest BCUT2D eigenvalue weighted by molar-refractivity contribution is -0.128. The Hall–Kier alpha value is -3.66. The van der Waals surface area contributed by atoms with Crippen LogP contribution in [0.5, 0.6) is 0 Å². The second kappa shape index (κ2) is 9.02. The van der Waals surface area contributed by atoms with Crippen LogP contribution in [0.2, 0.25) is 0 Å². The number of hydrogen-bond acceptors (Lipinski definition) is 7. The Morgan fingerprint density at radius 2 is 1.93 bits per heavy atom. The zero-order valence-corrected chi connectivity index (χ0v) is 16.1. The van der Waals surface area contributed by atoms with E-state index in [2.05, 4.69) is 25.3 Å². The number of rotatable bonds is 6. The molecule has 0 spiro atoms. The average molecular weight is 412 g/mol. The number of ether oxygens (including phenoxy) is 1. The fraction of sp³-hybridized carbons (Fsp3) is 0.158. The van der Waals surface area contributed by atoms with Crippen LogP contribution in [-0.4, -0.2) is 42.0 Å². The van der Waals surface area contributed by atoms with Crippen LogP contribution < -0.4 is 10.6 Å². The first-order valence-corrected chi connectivity index (χ1v) is 9.32. The second-order valence-electron chi connectivity index (χ2n) is 5.91. The molecule has 1 aliphatic rings. The molecule has 2 aromatic rings. The highest BCUT2D eigenvalue weighted by atomic mass is 32.1. The molecule has 3 amide bonds. The van der Waals surface area contributed by atoms with Gasteiger partial charge in [0.2, 0.25) is 11.8 Å². The van der Waals surface area contributed by atoms with Gasteiger partial charge in [-0.05, 0) is 30.3 Å². The van der Waals surface area contributed by atoms with E-state index in [1.807, 2.05) is 0 Å². The number of hydrogen-bond donors (Lipinski definition) is 2. The molecule has 1 aromatic carbocycles. The second-order valence-corrected chi connectivity index (χ2v) is 6.76. The van der Waals surface area contributed by atoms with Gasteiger partial charge in [0, 0.05) is 17.3 Å². The van der Waals surface area contributed by atoms with Crippen LogP contribution in [0.3, 0.4) is 0 Å². The third-order valence-electron chi connectivity index (χ3n) is 3.85. The molecule has 10 heteroatoms. The molecule has 1 aromatic heterocycles. The number of carbonyl (C=O) groups is 4. The van der Waals surface area contributed by atoms with E-state index in [1.54, 1.807) is 29.6 Å². The number of methoxy groups -OCH3 is 1. The highest BCUT2D eigenvalue weighted by Crippen LogP contribution is 2.19. The van der Waals surface area contributed by atoms with Crippen LogP contribution in [0.15, 0.2) is 46.8 Å². The van der Waals surface area contributed by atoms with Gasteiger partial charge in [0.25, 0.3) is 5.91 Å². The first-order valence-electron chi connectivity index (χ1n) is 8.44. The van der Waals surface area contributed by atoms with Gasteiger partial charge in [0.15, 0.2) is 5.13 Å². The number of carbonyl (C=O) groups excluding carboxylic acids is 4. The van der Waals surface area contributed by atoms with Gasteiger partial charge in [0.05, 0.1) is 24.8 Å². The number of benzene rings is 1. The molecule has 2 N–H and O–H groups in total. The number of nitrogens with zero attached hydrogens (tertiary/aromatic N) is 2. The van der Waals surface area contributed by atoms with Crippen molar-refractivity contribution < 1.29 is 23.9 Å². The summed E-state index contributed by atoms with van der Waals surface area (Å²) in [6.07, 6.45) is 4.31. The Morgan fingerprint density at radius 1 is 1.17 bits per heavy atom. The number of allylic oxidation sites excluding steroid dienone is 1. The van der Waals surface area contributed by atoms with Crippen molar-refractivity contribution in [1.29, 1.82) is 0 Å². The number of dihydropyridines is 1. The van der Waals surface area contributed by atoms with Gasteiger partial charge >= 0.3 is 5.97 Å². The minimum absolute atomic E-state index is 0.00230. The van der Waals surface area contributed by atoms with E-state index in [1.165, 1.54) is 25.5 Å². The minimum atomic E-state index is -0.983. The first-order chi connectivity index (χ1) is 14.0. The number of thiazole rings is 1. The summed E-state index contributed by atoms with van der Waals surface area (Å²) >= 11 is 1.15. The summed E-state index contributed by atoms with van der Waals surface area (Å²) in [7, 11) is 1.29. The van der Waals surface area contributed by atoms with E-state index >= 15 is 0 Å². The topological polar surface area (TPSA) is 127 Å². The molecule has 2 heterocycles. The SMILES string of the molecule is COC(=O)c1ccc(NC(=O)Cc2csc(NC(=O)C3C=CC=NC3=O)n2)cc1. The van der Waals surface area contributed by atoms with E-state index in [-0.39, 0.29) is 17.5 Å². The highest BCUT2D eigenvalue weighted by Gasteiger charge is 2.25. The van der Waals surface area contributed by atoms with Crippen molar-refractivity contribution in [2.24, 2.45) is 10.9 Å². The first kappa shape index (κ1) is 20.1. The molecule has 0 aliphatic carbocycles. The van der Waals surface area contributed by atoms with Crippen molar-refractivity contribution in [3.05, 3.63) is 53.1 Å². The predicted molar refractivity (Wildman–Crippen MR) is 107 cm³/mol. The maximum absolute atomic E-state index is 12.2. The van der Waals surface area contributed by atoms with Gasteiger partial charge in [-0.15, -0.1) is 11.3 Å². The van der Waals surface area contributed by atoms with Gasteiger partial charge in [-0.2, -0.15) is 0 Å². The monoisotopic (exact) mass is 412 g/mol. The number of amides is 3. The van der Waals surface area contributed by atoms with Gasteiger partial charge in [0.1, 0.15) is 5.92 Å². The van der Waals surface area contributed by atoms with Crippen molar-refractivity contribution in [3.8, 4) is 0 Å². The van der Waals surface area contributed by atoms with E-state index < -0.39 is 23.7 Å². The molecule has 29 heavy (non-hydrogen) atoms. The number of nitrogens with one attached hydrogen (secondary N) is 2. The number of anilines is 2. The predicted octanol–water partition coefficient (Wildman–Crippen LogP) is 1.83. The molecular formula is C19H16N4O5S. The number of esters is 1. The van der Waals surface area contributed by atoms with Crippen LogP contribution in [0.1, 0.15) is 16.1 Å². The lowest BCUT2D eigenvalue weighted by Crippen LogP contribution is -2.28. The standard InChI is InChI=1S/C19H16N4O5S/c1-28-18(27)11-4-6-12(7-5-11)21-15(24)9-13-10-29-19(22-13)23-17(26)14-3-2-8-20-16(14)25/h2-8,10,14H,9H2,1H3,(H,21,24)(H,22,23,26). The Labute approximate surface area is 169 Å². The Balaban J connectivity index is 1.54. The Morgan fingerprint density at radius 3 is 2.62 bits per heavy atom. The van der Waals surface area contributed by atoms with Crippen molar-refractivity contribution in [2.75, 3.05) is 17.7 Å². The van der Waals surface area contributed by atoms with Crippen molar-refractivity contribution >= 4 is 52.1 Å². The summed E-state index contributed by atoms with van der Waals surface area (Å²) < 4.78 is 4.62. The highest BCUT2D eigenvalue weighted by molar-refractivity contribution is 7.14. The molecule has 148 valence electrons. The molecule has 0 saturated heterocycles. The average Bonchev–Trinajstić information content (AvgIpc) is 3.14. The summed E-state index contributed by atoms with van der Waals surface area (Å²) in [6, 6.07) is 6.27. The molecule has 0 radical (unpaired) electrons. The molecule has 0 saturated carbocycles. The Kier molecular flexibility index (Phi) is 6.25. The third-order valence-corrected chi connectivity index (χ3v) is 4.66. The van der Waals surface area contributed by atoms with E-state index in [4.69, 9.17) is 0 Å². The summed E-state index contributed by atoms with van der Waals surface area (Å²) in [6.45, 7) is 0. The molecule has 1 atom stereocenters. The van der Waals surface area contributed by atoms with Gasteiger partial charge in [-0.1, -0.05) is 6.08 Å². The molecule has 3 rings (SSSR count). The zero-order chi connectivity index (χ0) is 20.8. The van der Waals surface area contributed by atoms with Gasteiger partial charge in [-0.3, -0.25) is 14.4 Å². The van der Waals surface area contributed by atoms with E-state index in [0.29, 0.717) is 16.9 Å². The number of aliphatic imine (C=N–C) groups is 1. The summed E-state index contributed by atoms with van der Waals surface area (Å²) in [4.78, 5) is 55.1. The zero-order valence-electron chi connectivity index (χ0n) is 15.2. The lowest BCUT2D eigenvalue weighted by atomic mass is 10.1. The smallest absolute Gasteiger partial charge is 0.337 e. The fourth-order valence-corrected chi connectivity index (χ4v) is 3.16. The van der Waals surface area contributed by atoms with Crippen molar-refractivity contribution in [1.82, 2.24) is 4.98 Å². The molecule has 1 unspecified atom stereocenters. The maximum atomic E-state index is 12.2. The normalized spacial score (nSPS) is 15.1. The largest absolute Gasteiger partial charge is 0.465 e. The summed E-state index contributed by atoms with van der Waals surface area (Å²) in [5.74, 6) is -2.82. The van der Waals surface area contributed by atoms with Crippen LogP contribution in [0.4, 0.5) is 10.8 Å². The van der Waals surface area contributed by atoms with Gasteiger partial charge < -0.3 is 15.4 Å². The molecular weight excluding hydrogens is 396 g/mol. The molecule has 1 aliphatic heterocycles.